The molecule has 0 aliphatic rings. The molecule has 3 aromatic heterocycles. The van der Waals surface area contributed by atoms with Crippen molar-refractivity contribution in [3.63, 3.8) is 0 Å². The van der Waals surface area contributed by atoms with E-state index in [1.54, 1.807) is 12.4 Å². The molecule has 7 heteroatoms. The Morgan fingerprint density at radius 1 is 1.29 bits per heavy atom. The van der Waals surface area contributed by atoms with Gasteiger partial charge in [-0.3, -0.25) is 9.89 Å². The van der Waals surface area contributed by atoms with Crippen LogP contribution in [0.2, 0.25) is 0 Å². The Bertz CT molecular complexity index is 1060. The number of pyridine rings is 1. The summed E-state index contributed by atoms with van der Waals surface area (Å²) in [6, 6.07) is 7.67. The van der Waals surface area contributed by atoms with Gasteiger partial charge in [-0.25, -0.2) is 4.98 Å². The van der Waals surface area contributed by atoms with E-state index < -0.39 is 5.91 Å². The normalized spacial score (nSPS) is 11.2. The molecule has 0 bridgehead atoms. The lowest BCUT2D eigenvalue weighted by atomic mass is 10.0. The van der Waals surface area contributed by atoms with Crippen LogP contribution in [0.1, 0.15) is 0 Å². The van der Waals surface area contributed by atoms with Gasteiger partial charge in [-0.2, -0.15) is 5.10 Å². The number of aryl methyl sites for hydroxylation is 1. The Hall–Kier alpha value is -3.35. The SMILES string of the molecule is Cn1cc(-c2ccnc3[nH]ncc23)c2cc(OCC(N)=O)ccc21. The zero-order chi connectivity index (χ0) is 16.7. The minimum absolute atomic E-state index is 0.144. The third kappa shape index (κ3) is 2.26. The molecule has 1 aromatic carbocycles. The predicted molar refractivity (Wildman–Crippen MR) is 90.5 cm³/mol. The van der Waals surface area contributed by atoms with Crippen molar-refractivity contribution < 1.29 is 9.53 Å². The molecule has 0 radical (unpaired) electrons. The van der Waals surface area contributed by atoms with Crippen LogP contribution in [-0.2, 0) is 11.8 Å². The van der Waals surface area contributed by atoms with Gasteiger partial charge >= 0.3 is 0 Å². The monoisotopic (exact) mass is 321 g/mol. The quantitative estimate of drug-likeness (QED) is 0.600. The second-order valence-electron chi connectivity index (χ2n) is 5.58. The summed E-state index contributed by atoms with van der Waals surface area (Å²) in [7, 11) is 1.99. The lowest BCUT2D eigenvalue weighted by Crippen LogP contribution is -2.19. The summed E-state index contributed by atoms with van der Waals surface area (Å²) in [5.41, 5.74) is 9.03. The van der Waals surface area contributed by atoms with E-state index in [1.807, 2.05) is 31.3 Å². The first-order valence-electron chi connectivity index (χ1n) is 7.42. The van der Waals surface area contributed by atoms with Crippen molar-refractivity contribution in [1.29, 1.82) is 0 Å². The highest BCUT2D eigenvalue weighted by Gasteiger charge is 2.13. The number of aromatic nitrogens is 4. The predicted octanol–water partition coefficient (Wildman–Crippen LogP) is 1.98. The number of ether oxygens (including phenoxy) is 1. The van der Waals surface area contributed by atoms with Gasteiger partial charge in [0.15, 0.2) is 12.3 Å². The molecule has 0 spiro atoms. The average molecular weight is 321 g/mol. The molecule has 0 atom stereocenters. The van der Waals surface area contributed by atoms with Gasteiger partial charge in [0.25, 0.3) is 5.91 Å². The van der Waals surface area contributed by atoms with E-state index in [0.717, 1.165) is 33.1 Å². The van der Waals surface area contributed by atoms with Crippen LogP contribution in [0.3, 0.4) is 0 Å². The number of fused-ring (bicyclic) bond motifs is 2. The Morgan fingerprint density at radius 2 is 2.17 bits per heavy atom. The van der Waals surface area contributed by atoms with Crippen molar-refractivity contribution >= 4 is 27.8 Å². The van der Waals surface area contributed by atoms with Crippen molar-refractivity contribution in [3.05, 3.63) is 42.9 Å². The smallest absolute Gasteiger partial charge is 0.255 e. The van der Waals surface area contributed by atoms with Crippen LogP contribution in [0.15, 0.2) is 42.9 Å². The maximum absolute atomic E-state index is 10.9. The molecule has 120 valence electrons. The minimum Gasteiger partial charge on any atom is -0.484 e. The molecule has 0 unspecified atom stereocenters. The number of H-pyrrole nitrogens is 1. The van der Waals surface area contributed by atoms with Gasteiger partial charge in [0.2, 0.25) is 0 Å². The van der Waals surface area contributed by atoms with Crippen molar-refractivity contribution in [1.82, 2.24) is 19.7 Å². The first-order chi connectivity index (χ1) is 11.6. The number of benzene rings is 1. The molecule has 1 amide bonds. The lowest BCUT2D eigenvalue weighted by molar-refractivity contribution is -0.119. The number of nitrogens with two attached hydrogens (primary N) is 1. The maximum Gasteiger partial charge on any atom is 0.255 e. The molecule has 0 aliphatic heterocycles. The Labute approximate surface area is 137 Å². The number of carbonyl (C=O) groups excluding carboxylic acids is 1. The summed E-state index contributed by atoms with van der Waals surface area (Å²) in [6.07, 6.45) is 5.58. The Balaban J connectivity index is 1.90. The van der Waals surface area contributed by atoms with E-state index >= 15 is 0 Å². The molecule has 3 heterocycles. The lowest BCUT2D eigenvalue weighted by Gasteiger charge is -2.05. The van der Waals surface area contributed by atoms with Crippen LogP contribution in [0.4, 0.5) is 0 Å². The molecule has 24 heavy (non-hydrogen) atoms. The number of amides is 1. The summed E-state index contributed by atoms with van der Waals surface area (Å²) in [5.74, 6) is 0.101. The van der Waals surface area contributed by atoms with Crippen LogP contribution < -0.4 is 10.5 Å². The molecule has 4 rings (SSSR count). The van der Waals surface area contributed by atoms with Crippen molar-refractivity contribution in [3.8, 4) is 16.9 Å². The summed E-state index contributed by atoms with van der Waals surface area (Å²) < 4.78 is 7.48. The molecular formula is C17H15N5O2. The molecule has 0 saturated heterocycles. The van der Waals surface area contributed by atoms with Gasteiger partial charge in [-0.1, -0.05) is 0 Å². The topological polar surface area (TPSA) is 98.8 Å². The number of hydrogen-bond acceptors (Lipinski definition) is 4. The van der Waals surface area contributed by atoms with E-state index in [9.17, 15) is 4.79 Å². The zero-order valence-electron chi connectivity index (χ0n) is 13.0. The Kier molecular flexibility index (Phi) is 3.19. The number of hydrogen-bond donors (Lipinski definition) is 2. The molecule has 4 aromatic rings. The second kappa shape index (κ2) is 5.38. The van der Waals surface area contributed by atoms with Gasteiger partial charge in [0.1, 0.15) is 5.75 Å². The van der Waals surface area contributed by atoms with E-state index in [-0.39, 0.29) is 6.61 Å². The highest BCUT2D eigenvalue weighted by atomic mass is 16.5. The van der Waals surface area contributed by atoms with Gasteiger partial charge in [0.05, 0.1) is 6.20 Å². The van der Waals surface area contributed by atoms with E-state index in [2.05, 4.69) is 25.9 Å². The number of aromatic amines is 1. The first-order valence-corrected chi connectivity index (χ1v) is 7.42. The van der Waals surface area contributed by atoms with Crippen molar-refractivity contribution in [2.45, 2.75) is 0 Å². The van der Waals surface area contributed by atoms with Crippen LogP contribution >= 0.6 is 0 Å². The standard InChI is InChI=1S/C17H15N5O2/c1-22-8-14(11-4-5-19-17-13(11)7-20-21-17)12-6-10(2-3-15(12)22)24-9-16(18)23/h2-8H,9H2,1H3,(H2,18,23)(H,19,20,21). The Morgan fingerprint density at radius 3 is 3.00 bits per heavy atom. The largest absolute Gasteiger partial charge is 0.484 e. The fraction of sp³-hybridized carbons (Fsp3) is 0.118. The summed E-state index contributed by atoms with van der Waals surface area (Å²) >= 11 is 0. The van der Waals surface area contributed by atoms with Gasteiger partial charge in [-0.05, 0) is 29.8 Å². The molecular weight excluding hydrogens is 306 g/mol. The fourth-order valence-corrected chi connectivity index (χ4v) is 2.92. The van der Waals surface area contributed by atoms with Crippen LogP contribution in [0, 0.1) is 0 Å². The summed E-state index contributed by atoms with van der Waals surface area (Å²) in [5, 5.41) is 8.93. The second-order valence-corrected chi connectivity index (χ2v) is 5.58. The number of nitrogens with zero attached hydrogens (tertiary/aromatic N) is 3. The third-order valence-electron chi connectivity index (χ3n) is 3.99. The van der Waals surface area contributed by atoms with Gasteiger partial charge in [-0.15, -0.1) is 0 Å². The van der Waals surface area contributed by atoms with Gasteiger partial charge < -0.3 is 15.0 Å². The van der Waals surface area contributed by atoms with Crippen LogP contribution in [0.5, 0.6) is 5.75 Å². The average Bonchev–Trinajstić information content (AvgIpc) is 3.17. The van der Waals surface area contributed by atoms with Crippen molar-refractivity contribution in [2.24, 2.45) is 12.8 Å². The summed E-state index contributed by atoms with van der Waals surface area (Å²) in [6.45, 7) is -0.144. The molecule has 3 N–H and O–H groups in total. The van der Waals surface area contributed by atoms with Crippen molar-refractivity contribution in [2.75, 3.05) is 6.61 Å². The number of primary amides is 1. The van der Waals surface area contributed by atoms with E-state index in [0.29, 0.717) is 5.75 Å². The first kappa shape index (κ1) is 14.3. The van der Waals surface area contributed by atoms with E-state index in [1.165, 1.54) is 0 Å². The number of rotatable bonds is 4. The third-order valence-corrected chi connectivity index (χ3v) is 3.99. The highest BCUT2D eigenvalue weighted by molar-refractivity contribution is 6.03. The minimum atomic E-state index is -0.502. The van der Waals surface area contributed by atoms with Crippen LogP contribution in [-0.4, -0.2) is 32.3 Å². The van der Waals surface area contributed by atoms with Crippen LogP contribution in [0.25, 0.3) is 33.1 Å². The molecule has 7 nitrogen and oxygen atoms in total. The number of nitrogens with one attached hydrogen (secondary N) is 1. The molecule has 0 saturated carbocycles. The molecule has 0 aliphatic carbocycles. The summed E-state index contributed by atoms with van der Waals surface area (Å²) in [4.78, 5) is 15.2. The molecule has 0 fully saturated rings. The fourth-order valence-electron chi connectivity index (χ4n) is 2.92. The zero-order valence-corrected chi connectivity index (χ0v) is 13.0. The van der Waals surface area contributed by atoms with Gasteiger partial charge in [0, 0.05) is 41.3 Å². The highest BCUT2D eigenvalue weighted by Crippen LogP contribution is 2.35. The van der Waals surface area contributed by atoms with E-state index in [4.69, 9.17) is 10.5 Å². The number of carbonyl (C=O) groups is 1. The maximum atomic E-state index is 10.9.